The van der Waals surface area contributed by atoms with Crippen molar-refractivity contribution >= 4 is 21.6 Å². The third kappa shape index (κ3) is 3.97. The third-order valence-electron chi connectivity index (χ3n) is 2.99. The summed E-state index contributed by atoms with van der Waals surface area (Å²) in [6.45, 7) is 2.06. The first-order chi connectivity index (χ1) is 9.58. The number of benzene rings is 2. The van der Waals surface area contributed by atoms with Gasteiger partial charge in [-0.3, -0.25) is 0 Å². The third-order valence-corrected chi connectivity index (χ3v) is 3.49. The zero-order chi connectivity index (χ0) is 14.5. The number of anilines is 1. The minimum atomic E-state index is -0.199. The molecule has 20 heavy (non-hydrogen) atoms. The van der Waals surface area contributed by atoms with Gasteiger partial charge in [-0.15, -0.1) is 0 Å². The fraction of sp³-hybridized carbons (Fsp3) is 0.250. The smallest absolute Gasteiger partial charge is 0.142 e. The number of hydrogen-bond donors (Lipinski definition) is 1. The first-order valence-electron chi connectivity index (χ1n) is 6.43. The number of hydrogen-bond acceptors (Lipinski definition) is 2. The fourth-order valence-electron chi connectivity index (χ4n) is 2.13. The van der Waals surface area contributed by atoms with Crippen LogP contribution in [0.1, 0.15) is 12.5 Å². The molecule has 0 fully saturated rings. The zero-order valence-electron chi connectivity index (χ0n) is 11.5. The maximum absolute atomic E-state index is 13.2. The average molecular weight is 338 g/mol. The van der Waals surface area contributed by atoms with Gasteiger partial charge in [0.15, 0.2) is 0 Å². The molecule has 0 saturated heterocycles. The Bertz CT molecular complexity index is 588. The number of rotatable bonds is 5. The molecule has 2 rings (SSSR count). The molecular weight excluding hydrogens is 321 g/mol. The van der Waals surface area contributed by atoms with Gasteiger partial charge in [-0.1, -0.05) is 28.1 Å². The molecule has 0 saturated carbocycles. The van der Waals surface area contributed by atoms with Gasteiger partial charge >= 0.3 is 0 Å². The first kappa shape index (κ1) is 14.9. The van der Waals surface area contributed by atoms with Crippen LogP contribution in [0.5, 0.6) is 5.75 Å². The van der Waals surface area contributed by atoms with Crippen molar-refractivity contribution < 1.29 is 9.13 Å². The molecule has 2 nitrogen and oxygen atoms in total. The van der Waals surface area contributed by atoms with Crippen LogP contribution >= 0.6 is 15.9 Å². The highest BCUT2D eigenvalue weighted by molar-refractivity contribution is 9.10. The molecule has 2 aromatic carbocycles. The monoisotopic (exact) mass is 337 g/mol. The molecule has 0 aromatic heterocycles. The predicted octanol–water partition coefficient (Wildman–Crippen LogP) is 4.64. The molecule has 0 heterocycles. The molecule has 0 aliphatic heterocycles. The maximum atomic E-state index is 13.2. The Morgan fingerprint density at radius 3 is 2.75 bits per heavy atom. The van der Waals surface area contributed by atoms with Crippen LogP contribution in [0.15, 0.2) is 46.9 Å². The maximum Gasteiger partial charge on any atom is 0.142 e. The largest absolute Gasteiger partial charge is 0.495 e. The van der Waals surface area contributed by atoms with E-state index in [1.54, 1.807) is 19.2 Å². The molecule has 1 atom stereocenters. The van der Waals surface area contributed by atoms with E-state index in [0.717, 1.165) is 27.9 Å². The highest BCUT2D eigenvalue weighted by Gasteiger charge is 2.09. The van der Waals surface area contributed by atoms with E-state index in [1.165, 1.54) is 6.07 Å². The van der Waals surface area contributed by atoms with E-state index < -0.39 is 0 Å². The van der Waals surface area contributed by atoms with E-state index in [2.05, 4.69) is 28.2 Å². The fourth-order valence-corrected chi connectivity index (χ4v) is 2.49. The van der Waals surface area contributed by atoms with Crippen molar-refractivity contribution in [3.05, 3.63) is 58.3 Å². The Balaban J connectivity index is 2.08. The van der Waals surface area contributed by atoms with Gasteiger partial charge in [0.1, 0.15) is 11.6 Å². The van der Waals surface area contributed by atoms with E-state index in [1.807, 2.05) is 24.3 Å². The molecule has 0 radical (unpaired) electrons. The van der Waals surface area contributed by atoms with Crippen LogP contribution in [-0.2, 0) is 6.42 Å². The van der Waals surface area contributed by atoms with Gasteiger partial charge in [0.05, 0.1) is 12.8 Å². The van der Waals surface area contributed by atoms with E-state index in [4.69, 9.17) is 4.74 Å². The van der Waals surface area contributed by atoms with E-state index in [9.17, 15) is 4.39 Å². The van der Waals surface area contributed by atoms with Crippen LogP contribution in [0.3, 0.4) is 0 Å². The van der Waals surface area contributed by atoms with Crippen molar-refractivity contribution in [3.8, 4) is 5.75 Å². The second-order valence-electron chi connectivity index (χ2n) is 4.72. The molecule has 0 spiro atoms. The second-order valence-corrected chi connectivity index (χ2v) is 5.64. The van der Waals surface area contributed by atoms with Crippen molar-refractivity contribution in [1.29, 1.82) is 0 Å². The van der Waals surface area contributed by atoms with Crippen molar-refractivity contribution in [3.63, 3.8) is 0 Å². The molecule has 0 aliphatic carbocycles. The molecule has 0 bridgehead atoms. The molecule has 1 unspecified atom stereocenters. The van der Waals surface area contributed by atoms with Gasteiger partial charge in [-0.2, -0.15) is 0 Å². The average Bonchev–Trinajstić information content (AvgIpc) is 2.38. The lowest BCUT2D eigenvalue weighted by atomic mass is 10.1. The SMILES string of the molecule is COc1ccc(Br)cc1NC(C)Cc1cccc(F)c1. The molecule has 1 N–H and O–H groups in total. The molecule has 0 amide bonds. The minimum absolute atomic E-state index is 0.167. The number of halogens is 2. The summed E-state index contributed by atoms with van der Waals surface area (Å²) in [5.74, 6) is 0.592. The van der Waals surface area contributed by atoms with E-state index in [-0.39, 0.29) is 11.9 Å². The van der Waals surface area contributed by atoms with Crippen LogP contribution in [0, 0.1) is 5.82 Å². The zero-order valence-corrected chi connectivity index (χ0v) is 13.1. The summed E-state index contributed by atoms with van der Waals surface area (Å²) in [5.41, 5.74) is 1.89. The van der Waals surface area contributed by atoms with Gasteiger partial charge < -0.3 is 10.1 Å². The molecule has 106 valence electrons. The Labute approximate surface area is 127 Å². The van der Waals surface area contributed by atoms with Gasteiger partial charge in [-0.25, -0.2) is 4.39 Å². The van der Waals surface area contributed by atoms with E-state index >= 15 is 0 Å². The summed E-state index contributed by atoms with van der Waals surface area (Å²) >= 11 is 3.45. The normalized spacial score (nSPS) is 12.0. The second kappa shape index (κ2) is 6.75. The Hall–Kier alpha value is -1.55. The van der Waals surface area contributed by atoms with Crippen LogP contribution in [-0.4, -0.2) is 13.2 Å². The standard InChI is InChI=1S/C16H17BrFNO/c1-11(8-12-4-3-5-14(18)9-12)19-15-10-13(17)6-7-16(15)20-2/h3-7,9-11,19H,8H2,1-2H3. The van der Waals surface area contributed by atoms with Gasteiger partial charge in [-0.05, 0) is 49.2 Å². The molecule has 4 heteroatoms. The highest BCUT2D eigenvalue weighted by atomic mass is 79.9. The van der Waals surface area contributed by atoms with Crippen molar-refractivity contribution in [2.24, 2.45) is 0 Å². The topological polar surface area (TPSA) is 21.3 Å². The Morgan fingerprint density at radius 2 is 2.05 bits per heavy atom. The number of methoxy groups -OCH3 is 1. The lowest BCUT2D eigenvalue weighted by Crippen LogP contribution is -2.18. The number of ether oxygens (including phenoxy) is 1. The quantitative estimate of drug-likeness (QED) is 0.858. The van der Waals surface area contributed by atoms with Crippen molar-refractivity contribution in [2.75, 3.05) is 12.4 Å². The van der Waals surface area contributed by atoms with Crippen molar-refractivity contribution in [1.82, 2.24) is 0 Å². The summed E-state index contributed by atoms with van der Waals surface area (Å²) in [7, 11) is 1.64. The lowest BCUT2D eigenvalue weighted by molar-refractivity contribution is 0.416. The van der Waals surface area contributed by atoms with Crippen LogP contribution < -0.4 is 10.1 Å². The Kier molecular flexibility index (Phi) is 5.01. The predicted molar refractivity (Wildman–Crippen MR) is 83.9 cm³/mol. The van der Waals surface area contributed by atoms with Crippen LogP contribution in [0.25, 0.3) is 0 Å². The highest BCUT2D eigenvalue weighted by Crippen LogP contribution is 2.28. The summed E-state index contributed by atoms with van der Waals surface area (Å²) in [4.78, 5) is 0. The van der Waals surface area contributed by atoms with E-state index in [0.29, 0.717) is 0 Å². The summed E-state index contributed by atoms with van der Waals surface area (Å²) in [6, 6.07) is 12.7. The molecular formula is C16H17BrFNO. The van der Waals surface area contributed by atoms with Gasteiger partial charge in [0.25, 0.3) is 0 Å². The van der Waals surface area contributed by atoms with Crippen molar-refractivity contribution in [2.45, 2.75) is 19.4 Å². The molecule has 2 aromatic rings. The summed E-state index contributed by atoms with van der Waals surface area (Å²) in [5, 5.41) is 3.39. The first-order valence-corrected chi connectivity index (χ1v) is 7.22. The van der Waals surface area contributed by atoms with Gasteiger partial charge in [0.2, 0.25) is 0 Å². The molecule has 0 aliphatic rings. The van der Waals surface area contributed by atoms with Gasteiger partial charge in [0, 0.05) is 10.5 Å². The van der Waals surface area contributed by atoms with Crippen LogP contribution in [0.2, 0.25) is 0 Å². The lowest BCUT2D eigenvalue weighted by Gasteiger charge is -2.18. The summed E-state index contributed by atoms with van der Waals surface area (Å²) in [6.07, 6.45) is 0.743. The summed E-state index contributed by atoms with van der Waals surface area (Å²) < 4.78 is 19.5. The number of nitrogens with one attached hydrogen (secondary N) is 1. The van der Waals surface area contributed by atoms with Crippen LogP contribution in [0.4, 0.5) is 10.1 Å². The Morgan fingerprint density at radius 1 is 1.25 bits per heavy atom. The minimum Gasteiger partial charge on any atom is -0.495 e.